The van der Waals surface area contributed by atoms with Crippen LogP contribution in [0.4, 0.5) is 0 Å². The van der Waals surface area contributed by atoms with Gasteiger partial charge in [-0.1, -0.05) is 229 Å². The van der Waals surface area contributed by atoms with Crippen molar-refractivity contribution in [2.24, 2.45) is 0 Å². The Morgan fingerprint density at radius 1 is 0.333 bits per heavy atom. The summed E-state index contributed by atoms with van der Waals surface area (Å²) < 4.78 is 16.8. The smallest absolute Gasteiger partial charge is 0.306 e. The van der Waals surface area contributed by atoms with Gasteiger partial charge in [0.25, 0.3) is 0 Å². The number of rotatable bonds is 48. The molecule has 0 spiro atoms. The van der Waals surface area contributed by atoms with Crippen molar-refractivity contribution in [1.29, 1.82) is 0 Å². The van der Waals surface area contributed by atoms with Crippen molar-refractivity contribution in [1.82, 2.24) is 0 Å². The van der Waals surface area contributed by atoms with Crippen molar-refractivity contribution in [3.63, 3.8) is 0 Å². The van der Waals surface area contributed by atoms with Gasteiger partial charge in [0, 0.05) is 19.3 Å². The maximum atomic E-state index is 12.8. The normalized spacial score (nSPS) is 12.5. The second kappa shape index (κ2) is 51.7. The van der Waals surface area contributed by atoms with Crippen LogP contribution in [0.5, 0.6) is 0 Å². The van der Waals surface area contributed by atoms with E-state index in [1.165, 1.54) is 116 Å². The zero-order valence-electron chi connectivity index (χ0n) is 41.6. The lowest BCUT2D eigenvalue weighted by atomic mass is 10.0. The summed E-state index contributed by atoms with van der Waals surface area (Å²) >= 11 is 0. The minimum Gasteiger partial charge on any atom is -0.462 e. The second-order valence-electron chi connectivity index (χ2n) is 17.7. The van der Waals surface area contributed by atoms with E-state index >= 15 is 0 Å². The molecular formula is C57H100O6. The number of allylic oxidation sites excluding steroid dienone is 10. The average molecular weight is 881 g/mol. The first-order valence-corrected chi connectivity index (χ1v) is 26.8. The van der Waals surface area contributed by atoms with E-state index < -0.39 is 6.10 Å². The molecule has 0 amide bonds. The highest BCUT2D eigenvalue weighted by Gasteiger charge is 2.19. The van der Waals surface area contributed by atoms with Crippen LogP contribution in [0.3, 0.4) is 0 Å². The van der Waals surface area contributed by atoms with Gasteiger partial charge in [-0.05, 0) is 77.0 Å². The van der Waals surface area contributed by atoms with Crippen LogP contribution >= 0.6 is 0 Å². The number of ether oxygens (including phenoxy) is 3. The molecule has 0 aromatic heterocycles. The number of esters is 3. The molecule has 63 heavy (non-hydrogen) atoms. The summed E-state index contributed by atoms with van der Waals surface area (Å²) in [7, 11) is 0. The van der Waals surface area contributed by atoms with Crippen molar-refractivity contribution in [3.8, 4) is 0 Å². The van der Waals surface area contributed by atoms with Gasteiger partial charge in [-0.15, -0.1) is 0 Å². The molecule has 0 aromatic carbocycles. The summed E-state index contributed by atoms with van der Waals surface area (Å²) in [6, 6.07) is 0. The molecule has 0 aliphatic heterocycles. The molecule has 1 unspecified atom stereocenters. The molecule has 0 heterocycles. The Bertz CT molecular complexity index is 1150. The molecule has 0 aliphatic carbocycles. The summed E-state index contributed by atoms with van der Waals surface area (Å²) in [6.07, 6.45) is 63.5. The molecule has 0 bridgehead atoms. The van der Waals surface area contributed by atoms with Crippen molar-refractivity contribution in [2.75, 3.05) is 13.2 Å². The van der Waals surface area contributed by atoms with E-state index in [2.05, 4.69) is 81.5 Å². The molecule has 6 heteroatoms. The quantitative estimate of drug-likeness (QED) is 0.0262. The first-order chi connectivity index (χ1) is 31.0. The maximum Gasteiger partial charge on any atom is 0.306 e. The van der Waals surface area contributed by atoms with Gasteiger partial charge >= 0.3 is 17.9 Å². The van der Waals surface area contributed by atoms with Crippen LogP contribution in [0.25, 0.3) is 0 Å². The Labute approximate surface area is 390 Å². The van der Waals surface area contributed by atoms with Crippen molar-refractivity contribution in [3.05, 3.63) is 60.8 Å². The van der Waals surface area contributed by atoms with Crippen LogP contribution in [0, 0.1) is 0 Å². The Kier molecular flexibility index (Phi) is 49.4. The number of hydrogen-bond acceptors (Lipinski definition) is 6. The maximum absolute atomic E-state index is 12.8. The highest BCUT2D eigenvalue weighted by Crippen LogP contribution is 2.16. The predicted molar refractivity (Wildman–Crippen MR) is 270 cm³/mol. The lowest BCUT2D eigenvalue weighted by molar-refractivity contribution is -0.167. The molecule has 6 nitrogen and oxygen atoms in total. The van der Waals surface area contributed by atoms with Crippen LogP contribution in [0.2, 0.25) is 0 Å². The van der Waals surface area contributed by atoms with Gasteiger partial charge in [0.2, 0.25) is 0 Å². The average Bonchev–Trinajstić information content (AvgIpc) is 3.28. The number of carbonyl (C=O) groups excluding carboxylic acids is 3. The highest BCUT2D eigenvalue weighted by atomic mass is 16.6. The van der Waals surface area contributed by atoms with Gasteiger partial charge in [-0.3, -0.25) is 14.4 Å². The molecule has 1 atom stereocenters. The van der Waals surface area contributed by atoms with Crippen LogP contribution in [-0.4, -0.2) is 37.2 Å². The third-order valence-corrected chi connectivity index (χ3v) is 11.5. The first-order valence-electron chi connectivity index (χ1n) is 26.8. The van der Waals surface area contributed by atoms with Crippen molar-refractivity contribution >= 4 is 17.9 Å². The summed E-state index contributed by atoms with van der Waals surface area (Å²) in [4.78, 5) is 38.0. The predicted octanol–water partition coefficient (Wildman–Crippen LogP) is 17.6. The van der Waals surface area contributed by atoms with E-state index in [9.17, 15) is 14.4 Å². The Hall–Kier alpha value is -2.89. The van der Waals surface area contributed by atoms with E-state index in [1.807, 2.05) is 0 Å². The summed E-state index contributed by atoms with van der Waals surface area (Å²) in [5, 5.41) is 0. The van der Waals surface area contributed by atoms with E-state index in [0.717, 1.165) is 109 Å². The molecule has 0 fully saturated rings. The van der Waals surface area contributed by atoms with E-state index in [0.29, 0.717) is 19.3 Å². The summed E-state index contributed by atoms with van der Waals surface area (Å²) in [6.45, 7) is 6.41. The van der Waals surface area contributed by atoms with Crippen LogP contribution in [-0.2, 0) is 28.6 Å². The van der Waals surface area contributed by atoms with Crippen LogP contribution in [0.1, 0.15) is 265 Å². The number of hydrogen-bond donors (Lipinski definition) is 0. The van der Waals surface area contributed by atoms with Gasteiger partial charge in [-0.2, -0.15) is 0 Å². The van der Waals surface area contributed by atoms with E-state index in [-0.39, 0.29) is 31.1 Å². The van der Waals surface area contributed by atoms with Gasteiger partial charge in [0.05, 0.1) is 0 Å². The highest BCUT2D eigenvalue weighted by molar-refractivity contribution is 5.71. The van der Waals surface area contributed by atoms with Crippen LogP contribution in [0.15, 0.2) is 60.8 Å². The zero-order chi connectivity index (χ0) is 45.8. The SMILES string of the molecule is CC/C=C\C/C=C\C/C=C\CCCCCCC(=O)OC(COC(=O)CCCCCCCCC/C=C\C/C=C\CC)COC(=O)CCCCCCCCCCCCCCCCCCC. The molecular weight excluding hydrogens is 781 g/mol. The Morgan fingerprint density at radius 3 is 0.968 bits per heavy atom. The molecule has 0 saturated heterocycles. The zero-order valence-corrected chi connectivity index (χ0v) is 41.6. The lowest BCUT2D eigenvalue weighted by Gasteiger charge is -2.18. The standard InChI is InChI=1S/C57H100O6/c1-4-7-10-13-16-19-22-25-28-29-30-33-35-38-41-44-47-50-56(59)62-53-54(63-57(60)51-48-45-42-39-36-32-27-24-21-18-15-12-9-6-3)52-61-55(58)49-46-43-40-37-34-31-26-23-20-17-14-11-8-5-2/h8-9,11-12,17-18,20-21,27,32,54H,4-7,10,13-16,19,22-26,28-31,33-53H2,1-3H3/b11-8-,12-9-,20-17-,21-18-,32-27-. The van der Waals surface area contributed by atoms with Gasteiger partial charge in [0.15, 0.2) is 6.10 Å². The fourth-order valence-corrected chi connectivity index (χ4v) is 7.55. The lowest BCUT2D eigenvalue weighted by Crippen LogP contribution is -2.30. The summed E-state index contributed by atoms with van der Waals surface area (Å²) in [5.41, 5.74) is 0. The Balaban J connectivity index is 4.38. The third-order valence-electron chi connectivity index (χ3n) is 11.5. The van der Waals surface area contributed by atoms with Gasteiger partial charge in [-0.25, -0.2) is 0 Å². The summed E-state index contributed by atoms with van der Waals surface area (Å²) in [5.74, 6) is -0.907. The topological polar surface area (TPSA) is 78.9 Å². The molecule has 0 saturated carbocycles. The molecule has 0 aliphatic rings. The first kappa shape index (κ1) is 60.1. The fraction of sp³-hybridized carbons (Fsp3) is 0.772. The third kappa shape index (κ3) is 50.0. The molecule has 0 rings (SSSR count). The van der Waals surface area contributed by atoms with Gasteiger partial charge < -0.3 is 14.2 Å². The molecule has 364 valence electrons. The minimum absolute atomic E-state index is 0.0839. The molecule has 0 radical (unpaired) electrons. The Morgan fingerprint density at radius 2 is 0.619 bits per heavy atom. The van der Waals surface area contributed by atoms with E-state index in [4.69, 9.17) is 14.2 Å². The second-order valence-corrected chi connectivity index (χ2v) is 17.7. The largest absolute Gasteiger partial charge is 0.462 e. The van der Waals surface area contributed by atoms with Crippen molar-refractivity contribution in [2.45, 2.75) is 271 Å². The van der Waals surface area contributed by atoms with E-state index in [1.54, 1.807) is 0 Å². The van der Waals surface area contributed by atoms with Crippen molar-refractivity contribution < 1.29 is 28.6 Å². The van der Waals surface area contributed by atoms with Crippen LogP contribution < -0.4 is 0 Å². The van der Waals surface area contributed by atoms with Gasteiger partial charge in [0.1, 0.15) is 13.2 Å². The molecule has 0 N–H and O–H groups in total. The monoisotopic (exact) mass is 881 g/mol. The number of unbranched alkanes of at least 4 members (excludes halogenated alkanes) is 27. The minimum atomic E-state index is -0.787. The fourth-order valence-electron chi connectivity index (χ4n) is 7.55. The molecule has 0 aromatic rings. The number of carbonyl (C=O) groups is 3.